The summed E-state index contributed by atoms with van der Waals surface area (Å²) in [5.74, 6) is 0.181. The van der Waals surface area contributed by atoms with Crippen LogP contribution in [0.3, 0.4) is 0 Å². The Morgan fingerprint density at radius 1 is 1.43 bits per heavy atom. The minimum atomic E-state index is -0.650. The number of hydrogen-bond donors (Lipinski definition) is 0. The molecule has 0 N–H and O–H groups in total. The summed E-state index contributed by atoms with van der Waals surface area (Å²) in [5.41, 5.74) is -0.650. The van der Waals surface area contributed by atoms with Crippen molar-refractivity contribution < 1.29 is 14.3 Å². The minimum absolute atomic E-state index is 0.0789. The van der Waals surface area contributed by atoms with Crippen LogP contribution in [0, 0.1) is 0 Å². The number of amides is 1. The number of hydrogen-bond acceptors (Lipinski definition) is 3. The Kier molecular flexibility index (Phi) is 2.15. The molecule has 1 atom stereocenters. The summed E-state index contributed by atoms with van der Waals surface area (Å²) in [6.45, 7) is 0.446. The summed E-state index contributed by atoms with van der Waals surface area (Å²) in [5, 5.41) is 0. The highest BCUT2D eigenvalue weighted by atomic mass is 16.5. The fraction of sp³-hybridized carbons (Fsp3) is 0.600. The van der Waals surface area contributed by atoms with Gasteiger partial charge in [0.05, 0.1) is 13.0 Å². The molecule has 2 aliphatic rings. The van der Waals surface area contributed by atoms with Crippen LogP contribution in [0.25, 0.3) is 0 Å². The van der Waals surface area contributed by atoms with E-state index in [9.17, 15) is 9.59 Å². The zero-order valence-corrected chi connectivity index (χ0v) is 8.16. The molecule has 1 aliphatic heterocycles. The van der Waals surface area contributed by atoms with Crippen molar-refractivity contribution in [3.05, 3.63) is 12.2 Å². The molecule has 1 aliphatic carbocycles. The summed E-state index contributed by atoms with van der Waals surface area (Å²) in [7, 11) is 1.72. The Hall–Kier alpha value is -1.16. The molecule has 0 aromatic heterocycles. The maximum atomic E-state index is 11.5. The standard InChI is InChI=1S/C10H13NO3/c1-11-9(13)4-7-14-10(11)5-2-8(12)3-6-10/h2,5H,3-4,6-7H2,1H3. The number of carbonyl (C=O) groups is 2. The van der Waals surface area contributed by atoms with Crippen molar-refractivity contribution in [3.8, 4) is 0 Å². The van der Waals surface area contributed by atoms with E-state index in [0.29, 0.717) is 25.9 Å². The molecule has 0 aromatic rings. The van der Waals surface area contributed by atoms with Gasteiger partial charge in [-0.2, -0.15) is 0 Å². The summed E-state index contributed by atoms with van der Waals surface area (Å²) in [6, 6.07) is 0. The first-order valence-electron chi connectivity index (χ1n) is 4.77. The first-order valence-corrected chi connectivity index (χ1v) is 4.77. The van der Waals surface area contributed by atoms with Gasteiger partial charge in [-0.15, -0.1) is 0 Å². The van der Waals surface area contributed by atoms with E-state index in [0.717, 1.165) is 0 Å². The van der Waals surface area contributed by atoms with Crippen LogP contribution in [0.5, 0.6) is 0 Å². The van der Waals surface area contributed by atoms with E-state index in [1.54, 1.807) is 18.0 Å². The monoisotopic (exact) mass is 195 g/mol. The van der Waals surface area contributed by atoms with Crippen LogP contribution in [0.15, 0.2) is 12.2 Å². The van der Waals surface area contributed by atoms with Crippen molar-refractivity contribution in [1.29, 1.82) is 0 Å². The quantitative estimate of drug-likeness (QED) is 0.565. The van der Waals surface area contributed by atoms with Gasteiger partial charge in [0.15, 0.2) is 11.5 Å². The second-order valence-electron chi connectivity index (χ2n) is 3.70. The van der Waals surface area contributed by atoms with E-state index < -0.39 is 5.72 Å². The third kappa shape index (κ3) is 1.35. The van der Waals surface area contributed by atoms with Gasteiger partial charge in [-0.1, -0.05) is 0 Å². The Bertz CT molecular complexity index is 310. The topological polar surface area (TPSA) is 46.6 Å². The van der Waals surface area contributed by atoms with E-state index in [4.69, 9.17) is 4.74 Å². The fourth-order valence-corrected chi connectivity index (χ4v) is 1.88. The molecule has 4 heteroatoms. The van der Waals surface area contributed by atoms with Gasteiger partial charge in [0.25, 0.3) is 0 Å². The molecule has 1 fully saturated rings. The fourth-order valence-electron chi connectivity index (χ4n) is 1.88. The highest BCUT2D eigenvalue weighted by Gasteiger charge is 2.41. The number of ether oxygens (including phenoxy) is 1. The van der Waals surface area contributed by atoms with Crippen molar-refractivity contribution >= 4 is 11.7 Å². The maximum Gasteiger partial charge on any atom is 0.227 e. The largest absolute Gasteiger partial charge is 0.351 e. The summed E-state index contributed by atoms with van der Waals surface area (Å²) >= 11 is 0. The van der Waals surface area contributed by atoms with Gasteiger partial charge in [-0.05, 0) is 12.2 Å². The number of allylic oxidation sites excluding steroid dienone is 1. The number of nitrogens with zero attached hydrogens (tertiary/aromatic N) is 1. The van der Waals surface area contributed by atoms with Crippen molar-refractivity contribution in [3.63, 3.8) is 0 Å². The third-order valence-corrected chi connectivity index (χ3v) is 2.87. The lowest BCUT2D eigenvalue weighted by molar-refractivity contribution is -0.179. The Labute approximate surface area is 82.5 Å². The van der Waals surface area contributed by atoms with E-state index in [1.165, 1.54) is 6.08 Å². The van der Waals surface area contributed by atoms with E-state index in [-0.39, 0.29) is 11.7 Å². The van der Waals surface area contributed by atoms with Gasteiger partial charge in [0.2, 0.25) is 5.91 Å². The van der Waals surface area contributed by atoms with Crippen molar-refractivity contribution in [2.45, 2.75) is 25.0 Å². The Morgan fingerprint density at radius 2 is 2.21 bits per heavy atom. The first kappa shape index (κ1) is 9.40. The average Bonchev–Trinajstić information content (AvgIpc) is 2.19. The van der Waals surface area contributed by atoms with Crippen LogP contribution in [0.2, 0.25) is 0 Å². The lowest BCUT2D eigenvalue weighted by atomic mass is 9.95. The summed E-state index contributed by atoms with van der Waals surface area (Å²) in [4.78, 5) is 24.1. The number of carbonyl (C=O) groups excluding carboxylic acids is 2. The predicted octanol–water partition coefficient (Wildman–Crippen LogP) is 0.480. The molecule has 4 nitrogen and oxygen atoms in total. The molecular weight excluding hydrogens is 182 g/mol. The van der Waals surface area contributed by atoms with E-state index in [1.807, 2.05) is 0 Å². The predicted molar refractivity (Wildman–Crippen MR) is 49.5 cm³/mol. The van der Waals surface area contributed by atoms with Crippen LogP contribution in [0.1, 0.15) is 19.3 Å². The Morgan fingerprint density at radius 3 is 2.86 bits per heavy atom. The van der Waals surface area contributed by atoms with Crippen LogP contribution in [0.4, 0.5) is 0 Å². The zero-order chi connectivity index (χ0) is 10.2. The molecule has 0 bridgehead atoms. The van der Waals surface area contributed by atoms with Gasteiger partial charge >= 0.3 is 0 Å². The molecule has 2 rings (SSSR count). The van der Waals surface area contributed by atoms with Gasteiger partial charge in [0.1, 0.15) is 0 Å². The van der Waals surface area contributed by atoms with E-state index in [2.05, 4.69) is 0 Å². The van der Waals surface area contributed by atoms with Crippen LogP contribution >= 0.6 is 0 Å². The van der Waals surface area contributed by atoms with Crippen LogP contribution in [-0.2, 0) is 14.3 Å². The maximum absolute atomic E-state index is 11.5. The lowest BCUT2D eigenvalue weighted by Crippen LogP contribution is -2.55. The highest BCUT2D eigenvalue weighted by Crippen LogP contribution is 2.31. The molecule has 0 radical (unpaired) electrons. The highest BCUT2D eigenvalue weighted by molar-refractivity contribution is 5.91. The summed E-state index contributed by atoms with van der Waals surface area (Å²) in [6.07, 6.45) is 4.67. The average molecular weight is 195 g/mol. The van der Waals surface area contributed by atoms with Crippen molar-refractivity contribution in [1.82, 2.24) is 4.90 Å². The lowest BCUT2D eigenvalue weighted by Gasteiger charge is -2.43. The second kappa shape index (κ2) is 3.20. The van der Waals surface area contributed by atoms with Crippen molar-refractivity contribution in [2.24, 2.45) is 0 Å². The molecule has 1 amide bonds. The van der Waals surface area contributed by atoms with Crippen molar-refractivity contribution in [2.75, 3.05) is 13.7 Å². The minimum Gasteiger partial charge on any atom is -0.351 e. The zero-order valence-electron chi connectivity index (χ0n) is 8.16. The molecule has 1 heterocycles. The molecule has 1 spiro atoms. The van der Waals surface area contributed by atoms with Gasteiger partial charge in [-0.25, -0.2) is 0 Å². The molecule has 1 unspecified atom stereocenters. The normalized spacial score (nSPS) is 32.8. The molecule has 0 saturated carbocycles. The van der Waals surface area contributed by atoms with Crippen LogP contribution in [-0.4, -0.2) is 36.0 Å². The third-order valence-electron chi connectivity index (χ3n) is 2.87. The number of ketones is 1. The van der Waals surface area contributed by atoms with Gasteiger partial charge in [0, 0.05) is 19.9 Å². The second-order valence-corrected chi connectivity index (χ2v) is 3.70. The molecule has 0 aromatic carbocycles. The van der Waals surface area contributed by atoms with E-state index >= 15 is 0 Å². The molecule has 1 saturated heterocycles. The summed E-state index contributed by atoms with van der Waals surface area (Å²) < 4.78 is 5.60. The molecule has 14 heavy (non-hydrogen) atoms. The van der Waals surface area contributed by atoms with Gasteiger partial charge in [-0.3, -0.25) is 9.59 Å². The van der Waals surface area contributed by atoms with Crippen LogP contribution < -0.4 is 0 Å². The SMILES string of the molecule is CN1C(=O)CCOC12C=CC(=O)CC2. The molecular formula is C10H13NO3. The number of likely N-dealkylation sites (N-methyl/N-ethyl adjacent to an activating group) is 1. The Balaban J connectivity index is 2.26. The number of rotatable bonds is 0. The molecule has 76 valence electrons. The van der Waals surface area contributed by atoms with Gasteiger partial charge < -0.3 is 9.64 Å². The first-order chi connectivity index (χ1) is 6.64. The smallest absolute Gasteiger partial charge is 0.227 e.